The fraction of sp³-hybridized carbons (Fsp3) is 0.500. The molecule has 8 nitrogen and oxygen atoms in total. The van der Waals surface area contributed by atoms with E-state index < -0.39 is 12.1 Å². The van der Waals surface area contributed by atoms with E-state index in [0.717, 1.165) is 30.1 Å². The highest BCUT2D eigenvalue weighted by molar-refractivity contribution is 6.00. The zero-order valence-corrected chi connectivity index (χ0v) is 17.2. The number of aromatic nitrogens is 2. The molecule has 0 spiro atoms. The van der Waals surface area contributed by atoms with Gasteiger partial charge in [0.05, 0.1) is 6.07 Å². The van der Waals surface area contributed by atoms with Crippen LogP contribution in [-0.4, -0.2) is 63.5 Å². The van der Waals surface area contributed by atoms with Crippen LogP contribution in [0.4, 0.5) is 0 Å². The lowest BCUT2D eigenvalue weighted by molar-refractivity contribution is -0.136. The molecule has 4 rings (SSSR count). The molecule has 1 saturated heterocycles. The maximum absolute atomic E-state index is 13.4. The summed E-state index contributed by atoms with van der Waals surface area (Å²) in [6.07, 6.45) is 5.50. The number of aromatic amines is 1. The average Bonchev–Trinajstić information content (AvgIpc) is 3.29. The Bertz CT molecular complexity index is 1040. The van der Waals surface area contributed by atoms with Crippen molar-refractivity contribution in [3.8, 4) is 6.07 Å². The molecule has 8 heteroatoms. The number of H-pyrrole nitrogens is 1. The number of likely N-dealkylation sites (tertiary alicyclic amines) is 1. The van der Waals surface area contributed by atoms with Gasteiger partial charge in [-0.2, -0.15) is 5.26 Å². The van der Waals surface area contributed by atoms with Gasteiger partial charge in [-0.3, -0.25) is 9.59 Å². The van der Waals surface area contributed by atoms with E-state index in [9.17, 15) is 19.6 Å². The van der Waals surface area contributed by atoms with Crippen molar-refractivity contribution in [3.63, 3.8) is 0 Å². The highest BCUT2D eigenvalue weighted by Gasteiger charge is 2.42. The molecule has 2 amide bonds. The summed E-state index contributed by atoms with van der Waals surface area (Å²) in [5.41, 5.74) is 2.03. The van der Waals surface area contributed by atoms with E-state index >= 15 is 0 Å². The zero-order chi connectivity index (χ0) is 21.4. The van der Waals surface area contributed by atoms with Crippen molar-refractivity contribution >= 4 is 29.1 Å². The second-order valence-corrected chi connectivity index (χ2v) is 8.45. The normalized spacial score (nSPS) is 22.0. The minimum atomic E-state index is -0.660. The molecule has 0 radical (unpaired) electrons. The van der Waals surface area contributed by atoms with Gasteiger partial charge >= 0.3 is 0 Å². The third-order valence-corrected chi connectivity index (χ3v) is 6.26. The summed E-state index contributed by atoms with van der Waals surface area (Å²) in [4.78, 5) is 48.1. The molecule has 3 heterocycles. The maximum Gasteiger partial charge on any atom is 0.270 e. The first-order valence-electron chi connectivity index (χ1n) is 10.3. The summed E-state index contributed by atoms with van der Waals surface area (Å²) < 4.78 is 0. The highest BCUT2D eigenvalue weighted by Crippen LogP contribution is 2.36. The van der Waals surface area contributed by atoms with Crippen molar-refractivity contribution < 1.29 is 14.4 Å². The molecule has 156 valence electrons. The molecule has 1 saturated carbocycles. The van der Waals surface area contributed by atoms with Gasteiger partial charge in [-0.25, -0.2) is 4.98 Å². The lowest BCUT2D eigenvalue weighted by Gasteiger charge is -2.32. The average molecular weight is 407 g/mol. The molecule has 0 aromatic carbocycles. The van der Waals surface area contributed by atoms with Crippen molar-refractivity contribution in [2.45, 2.75) is 44.7 Å². The minimum absolute atomic E-state index is 0.235. The summed E-state index contributed by atoms with van der Waals surface area (Å²) in [5, 5.41) is 10.3. The number of fused-ring (bicyclic) bond motifs is 1. The number of hydrogen-bond acceptors (Lipinski definition) is 5. The lowest BCUT2D eigenvalue weighted by atomic mass is 10.1. The summed E-state index contributed by atoms with van der Waals surface area (Å²) in [6, 6.07) is 4.50. The Morgan fingerprint density at radius 1 is 1.47 bits per heavy atom. The van der Waals surface area contributed by atoms with Crippen LogP contribution in [0.25, 0.3) is 11.0 Å². The molecule has 1 aliphatic carbocycles. The number of hydrogen-bond donors (Lipinski definition) is 1. The van der Waals surface area contributed by atoms with Gasteiger partial charge in [-0.15, -0.1) is 0 Å². The Labute approximate surface area is 174 Å². The molecule has 0 bridgehead atoms. The van der Waals surface area contributed by atoms with Gasteiger partial charge in [-0.1, -0.05) is 12.8 Å². The number of carbonyl (C=O) groups excluding carboxylic acids is 3. The van der Waals surface area contributed by atoms with Gasteiger partial charge in [0, 0.05) is 31.1 Å². The number of pyridine rings is 1. The largest absolute Gasteiger partial charge is 0.335 e. The van der Waals surface area contributed by atoms with Gasteiger partial charge in [-0.05, 0) is 43.4 Å². The van der Waals surface area contributed by atoms with Gasteiger partial charge in [0.25, 0.3) is 5.91 Å². The van der Waals surface area contributed by atoms with E-state index in [1.165, 1.54) is 9.80 Å². The maximum atomic E-state index is 13.4. The van der Waals surface area contributed by atoms with Crippen LogP contribution >= 0.6 is 0 Å². The molecular formula is C22H25N5O3. The summed E-state index contributed by atoms with van der Waals surface area (Å²) in [7, 11) is 1.63. The summed E-state index contributed by atoms with van der Waals surface area (Å²) in [5.74, 6) is -0.458. The Morgan fingerprint density at radius 3 is 2.87 bits per heavy atom. The first kappa shape index (κ1) is 20.1. The standard InChI is InChI=1S/C22H25N5O3/c1-13-5-6-24-20-17(13)9-18(25-20)21(29)26(2)19(8-14-3-4-14)22(30)27-11-15(12-28)7-16(27)10-23/h5-6,9,12,14-16,19H,3-4,7-8,11H2,1-2H3,(H,24,25). The fourth-order valence-corrected chi connectivity index (χ4v) is 4.22. The van der Waals surface area contributed by atoms with Crippen LogP contribution in [0.1, 0.15) is 41.7 Å². The predicted molar refractivity (Wildman–Crippen MR) is 109 cm³/mol. The van der Waals surface area contributed by atoms with Crippen LogP contribution in [0.3, 0.4) is 0 Å². The first-order valence-corrected chi connectivity index (χ1v) is 10.3. The summed E-state index contributed by atoms with van der Waals surface area (Å²) in [6.45, 7) is 2.19. The molecule has 3 atom stereocenters. The third kappa shape index (κ3) is 3.67. The highest BCUT2D eigenvalue weighted by atomic mass is 16.2. The molecule has 30 heavy (non-hydrogen) atoms. The van der Waals surface area contributed by atoms with Gasteiger partial charge in [0.2, 0.25) is 5.91 Å². The van der Waals surface area contributed by atoms with E-state index in [2.05, 4.69) is 16.0 Å². The lowest BCUT2D eigenvalue weighted by Crippen LogP contribution is -2.51. The number of likely N-dealkylation sites (N-methyl/N-ethyl adjacent to an activating group) is 1. The van der Waals surface area contributed by atoms with Crippen molar-refractivity contribution in [2.75, 3.05) is 13.6 Å². The topological polar surface area (TPSA) is 110 Å². The van der Waals surface area contributed by atoms with E-state index in [-0.39, 0.29) is 24.3 Å². The number of nitrogens with one attached hydrogen (secondary N) is 1. The van der Waals surface area contributed by atoms with Crippen LogP contribution in [0.2, 0.25) is 0 Å². The number of nitriles is 1. The van der Waals surface area contributed by atoms with Crippen molar-refractivity contribution in [1.29, 1.82) is 5.26 Å². The Kier molecular flexibility index (Phi) is 5.29. The van der Waals surface area contributed by atoms with Crippen LogP contribution in [0.5, 0.6) is 0 Å². The minimum Gasteiger partial charge on any atom is -0.335 e. The van der Waals surface area contributed by atoms with Gasteiger partial charge in [0.1, 0.15) is 29.7 Å². The summed E-state index contributed by atoms with van der Waals surface area (Å²) >= 11 is 0. The molecule has 2 aliphatic rings. The number of aryl methyl sites for hydroxylation is 1. The number of amides is 2. The molecule has 1 N–H and O–H groups in total. The first-order chi connectivity index (χ1) is 14.4. The van der Waals surface area contributed by atoms with Gasteiger partial charge < -0.3 is 19.6 Å². The van der Waals surface area contributed by atoms with Crippen molar-refractivity contribution in [1.82, 2.24) is 19.8 Å². The van der Waals surface area contributed by atoms with E-state index in [0.29, 0.717) is 30.1 Å². The number of carbonyl (C=O) groups is 3. The Hall–Kier alpha value is -3.21. The Morgan fingerprint density at radius 2 is 2.23 bits per heavy atom. The zero-order valence-electron chi connectivity index (χ0n) is 17.2. The van der Waals surface area contributed by atoms with Crippen LogP contribution in [0, 0.1) is 30.1 Å². The van der Waals surface area contributed by atoms with E-state index in [1.54, 1.807) is 19.3 Å². The van der Waals surface area contributed by atoms with E-state index in [1.807, 2.05) is 13.0 Å². The quantitative estimate of drug-likeness (QED) is 0.737. The SMILES string of the molecule is Cc1ccnc2[nH]c(C(=O)N(C)C(CC3CC3)C(=O)N3CC(C=O)CC3C#N)cc12. The van der Waals surface area contributed by atoms with Crippen molar-refractivity contribution in [3.05, 3.63) is 29.6 Å². The second kappa shape index (κ2) is 7.90. The Balaban J connectivity index is 1.60. The fourth-order valence-electron chi connectivity index (χ4n) is 4.22. The number of nitrogens with zero attached hydrogens (tertiary/aromatic N) is 4. The van der Waals surface area contributed by atoms with Crippen LogP contribution < -0.4 is 0 Å². The number of aldehydes is 1. The molecule has 1 aliphatic heterocycles. The van der Waals surface area contributed by atoms with Gasteiger partial charge in [0.15, 0.2) is 0 Å². The molecule has 3 unspecified atom stereocenters. The van der Waals surface area contributed by atoms with E-state index in [4.69, 9.17) is 0 Å². The molecule has 2 fully saturated rings. The van der Waals surface area contributed by atoms with Crippen molar-refractivity contribution in [2.24, 2.45) is 11.8 Å². The molecule has 2 aromatic heterocycles. The number of rotatable bonds is 6. The van der Waals surface area contributed by atoms with Crippen LogP contribution in [0.15, 0.2) is 18.3 Å². The second-order valence-electron chi connectivity index (χ2n) is 8.45. The molecule has 2 aromatic rings. The molecular weight excluding hydrogens is 382 g/mol. The van der Waals surface area contributed by atoms with Crippen LogP contribution in [-0.2, 0) is 9.59 Å². The smallest absolute Gasteiger partial charge is 0.270 e. The predicted octanol–water partition coefficient (Wildman–Crippen LogP) is 2.05. The monoisotopic (exact) mass is 407 g/mol. The third-order valence-electron chi connectivity index (χ3n) is 6.26.